The predicted octanol–water partition coefficient (Wildman–Crippen LogP) is 2.59. The van der Waals surface area contributed by atoms with Gasteiger partial charge in [-0.1, -0.05) is 43.3 Å². The first-order chi connectivity index (χ1) is 8.24. The smallest absolute Gasteiger partial charge is 0.0282 e. The predicted molar refractivity (Wildman–Crippen MR) is 72.5 cm³/mol. The average Bonchev–Trinajstić information content (AvgIpc) is 2.78. The zero-order valence-corrected chi connectivity index (χ0v) is 10.6. The second-order valence-corrected chi connectivity index (χ2v) is 5.02. The third-order valence-electron chi connectivity index (χ3n) is 3.87. The molecule has 0 radical (unpaired) electrons. The van der Waals surface area contributed by atoms with Crippen molar-refractivity contribution in [1.82, 2.24) is 5.43 Å². The van der Waals surface area contributed by atoms with Crippen LogP contribution >= 0.6 is 0 Å². The molecule has 1 atom stereocenters. The molecule has 0 amide bonds. The van der Waals surface area contributed by atoms with Crippen molar-refractivity contribution in [2.75, 3.05) is 0 Å². The van der Waals surface area contributed by atoms with Gasteiger partial charge in [0, 0.05) is 6.04 Å². The molecule has 0 fully saturated rings. The first-order valence-corrected chi connectivity index (χ1v) is 6.44. The Morgan fingerprint density at radius 2 is 2.00 bits per heavy atom. The molecular weight excluding hydrogens is 208 g/mol. The molecule has 1 aliphatic rings. The van der Waals surface area contributed by atoms with Crippen LogP contribution in [0.3, 0.4) is 0 Å². The van der Waals surface area contributed by atoms with Gasteiger partial charge in [0.15, 0.2) is 0 Å². The van der Waals surface area contributed by atoms with Gasteiger partial charge in [0.1, 0.15) is 0 Å². The van der Waals surface area contributed by atoms with E-state index in [1.165, 1.54) is 16.7 Å². The van der Waals surface area contributed by atoms with E-state index in [0.29, 0.717) is 12.0 Å². The summed E-state index contributed by atoms with van der Waals surface area (Å²) in [6.45, 7) is 6.24. The number of hydrogen-bond donors (Lipinski definition) is 2. The first kappa shape index (κ1) is 12.3. The molecule has 1 unspecified atom stereocenters. The van der Waals surface area contributed by atoms with Crippen LogP contribution < -0.4 is 11.3 Å². The number of nitrogens with one attached hydrogen (secondary N) is 1. The number of rotatable bonds is 5. The van der Waals surface area contributed by atoms with Gasteiger partial charge in [-0.3, -0.25) is 11.3 Å². The van der Waals surface area contributed by atoms with E-state index < -0.39 is 0 Å². The average molecular weight is 230 g/mol. The molecule has 2 nitrogen and oxygen atoms in total. The molecule has 0 aliphatic heterocycles. The van der Waals surface area contributed by atoms with Gasteiger partial charge in [-0.2, -0.15) is 0 Å². The highest BCUT2D eigenvalue weighted by Crippen LogP contribution is 2.30. The third kappa shape index (κ3) is 2.76. The molecule has 3 N–H and O–H groups in total. The fourth-order valence-electron chi connectivity index (χ4n) is 2.69. The Labute approximate surface area is 104 Å². The normalized spacial score (nSPS) is 16.8. The SMILES string of the molecule is C=C(CC)CC(NN)C1Cc2ccccc2C1. The van der Waals surface area contributed by atoms with E-state index in [1.54, 1.807) is 0 Å². The lowest BCUT2D eigenvalue weighted by Gasteiger charge is -2.23. The molecule has 2 heteroatoms. The maximum Gasteiger partial charge on any atom is 0.0282 e. The minimum absolute atomic E-state index is 0.356. The Bertz CT molecular complexity index is 373. The van der Waals surface area contributed by atoms with Crippen molar-refractivity contribution < 1.29 is 0 Å². The fraction of sp³-hybridized carbons (Fsp3) is 0.467. The Morgan fingerprint density at radius 3 is 2.47 bits per heavy atom. The van der Waals surface area contributed by atoms with E-state index in [-0.39, 0.29) is 0 Å². The van der Waals surface area contributed by atoms with Gasteiger partial charge >= 0.3 is 0 Å². The van der Waals surface area contributed by atoms with Crippen LogP contribution in [0.25, 0.3) is 0 Å². The molecule has 1 aromatic carbocycles. The number of fused-ring (bicyclic) bond motifs is 1. The minimum Gasteiger partial charge on any atom is -0.271 e. The Balaban J connectivity index is 2.02. The molecular formula is C15H22N2. The lowest BCUT2D eigenvalue weighted by atomic mass is 9.91. The lowest BCUT2D eigenvalue weighted by Crippen LogP contribution is -2.41. The Kier molecular flexibility index (Phi) is 3.97. The van der Waals surface area contributed by atoms with Gasteiger partial charge in [-0.25, -0.2) is 0 Å². The number of nitrogens with two attached hydrogens (primary N) is 1. The van der Waals surface area contributed by atoms with E-state index in [1.807, 2.05) is 0 Å². The molecule has 17 heavy (non-hydrogen) atoms. The highest BCUT2D eigenvalue weighted by molar-refractivity contribution is 5.32. The van der Waals surface area contributed by atoms with Crippen molar-refractivity contribution in [2.24, 2.45) is 11.8 Å². The van der Waals surface area contributed by atoms with Gasteiger partial charge in [-0.05, 0) is 42.7 Å². The van der Waals surface area contributed by atoms with E-state index in [0.717, 1.165) is 25.7 Å². The maximum absolute atomic E-state index is 5.70. The highest BCUT2D eigenvalue weighted by atomic mass is 15.2. The van der Waals surface area contributed by atoms with Crippen molar-refractivity contribution in [2.45, 2.75) is 38.6 Å². The summed E-state index contributed by atoms with van der Waals surface area (Å²) in [5.41, 5.74) is 7.24. The molecule has 0 aromatic heterocycles. The minimum atomic E-state index is 0.356. The first-order valence-electron chi connectivity index (χ1n) is 6.44. The van der Waals surface area contributed by atoms with Crippen molar-refractivity contribution in [3.63, 3.8) is 0 Å². The summed E-state index contributed by atoms with van der Waals surface area (Å²) in [4.78, 5) is 0. The van der Waals surface area contributed by atoms with Crippen LogP contribution in [0.15, 0.2) is 36.4 Å². The van der Waals surface area contributed by atoms with Crippen LogP contribution in [-0.4, -0.2) is 6.04 Å². The van der Waals surface area contributed by atoms with Crippen molar-refractivity contribution >= 4 is 0 Å². The van der Waals surface area contributed by atoms with E-state index >= 15 is 0 Å². The summed E-state index contributed by atoms with van der Waals surface area (Å²) in [7, 11) is 0. The van der Waals surface area contributed by atoms with Crippen LogP contribution in [0, 0.1) is 5.92 Å². The summed E-state index contributed by atoms with van der Waals surface area (Å²) in [5.74, 6) is 6.31. The van der Waals surface area contributed by atoms with E-state index in [4.69, 9.17) is 5.84 Å². The van der Waals surface area contributed by atoms with Crippen molar-refractivity contribution in [3.8, 4) is 0 Å². The number of hydrogen-bond acceptors (Lipinski definition) is 2. The number of benzene rings is 1. The highest BCUT2D eigenvalue weighted by Gasteiger charge is 2.27. The molecule has 1 aromatic rings. The molecule has 92 valence electrons. The van der Waals surface area contributed by atoms with E-state index in [2.05, 4.69) is 43.2 Å². The third-order valence-corrected chi connectivity index (χ3v) is 3.87. The zero-order chi connectivity index (χ0) is 12.3. The standard InChI is InChI=1S/C15H22N2/c1-3-11(2)8-15(17-16)14-9-12-6-4-5-7-13(12)10-14/h4-7,14-15,17H,2-3,8-10,16H2,1H3. The summed E-state index contributed by atoms with van der Waals surface area (Å²) >= 11 is 0. The topological polar surface area (TPSA) is 38.0 Å². The van der Waals surface area contributed by atoms with Gasteiger partial charge in [0.2, 0.25) is 0 Å². The lowest BCUT2D eigenvalue weighted by molar-refractivity contribution is 0.364. The Hall–Kier alpha value is -1.12. The monoisotopic (exact) mass is 230 g/mol. The van der Waals surface area contributed by atoms with Gasteiger partial charge in [0.25, 0.3) is 0 Å². The van der Waals surface area contributed by atoms with Gasteiger partial charge in [0.05, 0.1) is 0 Å². The number of hydrazine groups is 1. The molecule has 0 saturated heterocycles. The maximum atomic E-state index is 5.70. The summed E-state index contributed by atoms with van der Waals surface area (Å²) in [5, 5.41) is 0. The molecule has 0 saturated carbocycles. The largest absolute Gasteiger partial charge is 0.271 e. The van der Waals surface area contributed by atoms with Gasteiger partial charge < -0.3 is 0 Å². The molecule has 2 rings (SSSR count). The van der Waals surface area contributed by atoms with Crippen LogP contribution in [-0.2, 0) is 12.8 Å². The van der Waals surface area contributed by atoms with Crippen LogP contribution in [0.1, 0.15) is 30.9 Å². The second-order valence-electron chi connectivity index (χ2n) is 5.02. The second kappa shape index (κ2) is 5.48. The molecule has 1 aliphatic carbocycles. The van der Waals surface area contributed by atoms with Crippen molar-refractivity contribution in [3.05, 3.63) is 47.5 Å². The van der Waals surface area contributed by atoms with Crippen LogP contribution in [0.5, 0.6) is 0 Å². The van der Waals surface area contributed by atoms with Crippen molar-refractivity contribution in [1.29, 1.82) is 0 Å². The van der Waals surface area contributed by atoms with E-state index in [9.17, 15) is 0 Å². The fourth-order valence-corrected chi connectivity index (χ4v) is 2.69. The molecule has 0 spiro atoms. The summed E-state index contributed by atoms with van der Waals surface area (Å²) in [6, 6.07) is 9.07. The quantitative estimate of drug-likeness (QED) is 0.463. The van der Waals surface area contributed by atoms with Gasteiger partial charge in [-0.15, -0.1) is 0 Å². The van der Waals surface area contributed by atoms with Crippen LogP contribution in [0.2, 0.25) is 0 Å². The molecule has 0 bridgehead atoms. The zero-order valence-electron chi connectivity index (χ0n) is 10.6. The Morgan fingerprint density at radius 1 is 1.41 bits per heavy atom. The summed E-state index contributed by atoms with van der Waals surface area (Å²) in [6.07, 6.45) is 4.31. The summed E-state index contributed by atoms with van der Waals surface area (Å²) < 4.78 is 0. The molecule has 0 heterocycles. The van der Waals surface area contributed by atoms with Crippen LogP contribution in [0.4, 0.5) is 0 Å².